The molecule has 0 unspecified atom stereocenters. The molecule has 5 nitrogen and oxygen atoms in total. The largest absolute Gasteiger partial charge is 0.473 e. The van der Waals surface area contributed by atoms with Crippen molar-refractivity contribution in [3.8, 4) is 5.88 Å². The summed E-state index contributed by atoms with van der Waals surface area (Å²) in [6.45, 7) is 3.44. The number of hydrogen-bond acceptors (Lipinski definition) is 4. The molecule has 0 N–H and O–H groups in total. The second-order valence-electron chi connectivity index (χ2n) is 4.10. The molecule has 1 saturated heterocycles. The maximum Gasteiger partial charge on any atom is 0.232 e. The standard InChI is InChI=1S/C12H17N3O2/c1-2-12(16)15-7-3-10(4-8-15)17-11-9-13-5-6-14-11/h5-6,9-10H,2-4,7-8H2,1H3. The van der Waals surface area contributed by atoms with E-state index < -0.39 is 0 Å². The van der Waals surface area contributed by atoms with E-state index in [1.165, 1.54) is 0 Å². The second-order valence-corrected chi connectivity index (χ2v) is 4.10. The molecule has 0 radical (unpaired) electrons. The molecule has 0 aromatic carbocycles. The van der Waals surface area contributed by atoms with Crippen LogP contribution in [0.5, 0.6) is 5.88 Å². The number of aromatic nitrogens is 2. The lowest BCUT2D eigenvalue weighted by atomic mass is 10.1. The first-order chi connectivity index (χ1) is 8.29. The number of hydrogen-bond donors (Lipinski definition) is 0. The first-order valence-corrected chi connectivity index (χ1v) is 6.00. The first kappa shape index (κ1) is 11.8. The predicted octanol–water partition coefficient (Wildman–Crippen LogP) is 1.26. The van der Waals surface area contributed by atoms with Crippen LogP contribution in [-0.4, -0.2) is 40.0 Å². The van der Waals surface area contributed by atoms with Crippen molar-refractivity contribution in [2.45, 2.75) is 32.3 Å². The van der Waals surface area contributed by atoms with E-state index in [1.807, 2.05) is 11.8 Å². The third-order valence-electron chi connectivity index (χ3n) is 2.92. The fourth-order valence-electron chi connectivity index (χ4n) is 1.96. The summed E-state index contributed by atoms with van der Waals surface area (Å²) in [4.78, 5) is 21.4. The third-order valence-corrected chi connectivity index (χ3v) is 2.92. The Labute approximate surface area is 101 Å². The van der Waals surface area contributed by atoms with Gasteiger partial charge in [-0.2, -0.15) is 0 Å². The number of likely N-dealkylation sites (tertiary alicyclic amines) is 1. The number of rotatable bonds is 3. The van der Waals surface area contributed by atoms with Crippen LogP contribution in [0.4, 0.5) is 0 Å². The average molecular weight is 235 g/mol. The molecule has 1 fully saturated rings. The lowest BCUT2D eigenvalue weighted by molar-refractivity contribution is -0.132. The second kappa shape index (κ2) is 5.61. The van der Waals surface area contributed by atoms with Crippen LogP contribution in [-0.2, 0) is 4.79 Å². The van der Waals surface area contributed by atoms with Crippen LogP contribution in [0.3, 0.4) is 0 Å². The van der Waals surface area contributed by atoms with Gasteiger partial charge >= 0.3 is 0 Å². The zero-order valence-corrected chi connectivity index (χ0v) is 10.0. The number of ether oxygens (including phenoxy) is 1. The normalized spacial score (nSPS) is 16.9. The molecule has 1 aliphatic heterocycles. The molecule has 2 rings (SSSR count). The number of nitrogens with zero attached hydrogens (tertiary/aromatic N) is 3. The van der Waals surface area contributed by atoms with Crippen LogP contribution in [0.15, 0.2) is 18.6 Å². The molecule has 1 aromatic rings. The minimum Gasteiger partial charge on any atom is -0.473 e. The molecule has 0 bridgehead atoms. The Bertz CT molecular complexity index is 361. The summed E-state index contributed by atoms with van der Waals surface area (Å²) < 4.78 is 5.71. The van der Waals surface area contributed by atoms with E-state index in [-0.39, 0.29) is 12.0 Å². The Morgan fingerprint density at radius 2 is 2.24 bits per heavy atom. The third kappa shape index (κ3) is 3.15. The van der Waals surface area contributed by atoms with Crippen molar-refractivity contribution in [2.75, 3.05) is 13.1 Å². The van der Waals surface area contributed by atoms with Gasteiger partial charge in [0.2, 0.25) is 11.8 Å². The highest BCUT2D eigenvalue weighted by Gasteiger charge is 2.23. The molecule has 0 saturated carbocycles. The lowest BCUT2D eigenvalue weighted by Crippen LogP contribution is -2.41. The summed E-state index contributed by atoms with van der Waals surface area (Å²) in [5, 5.41) is 0. The van der Waals surface area contributed by atoms with Gasteiger partial charge in [-0.15, -0.1) is 0 Å². The fourth-order valence-corrected chi connectivity index (χ4v) is 1.96. The number of carbonyl (C=O) groups excluding carboxylic acids is 1. The number of carbonyl (C=O) groups is 1. The minimum atomic E-state index is 0.146. The van der Waals surface area contributed by atoms with Crippen molar-refractivity contribution < 1.29 is 9.53 Å². The quantitative estimate of drug-likeness (QED) is 0.791. The number of piperidine rings is 1. The first-order valence-electron chi connectivity index (χ1n) is 6.00. The molecule has 0 aliphatic carbocycles. The Kier molecular flexibility index (Phi) is 3.90. The molecule has 5 heteroatoms. The SMILES string of the molecule is CCC(=O)N1CCC(Oc2cnccn2)CC1. The molecule has 2 heterocycles. The monoisotopic (exact) mass is 235 g/mol. The summed E-state index contributed by atoms with van der Waals surface area (Å²) in [7, 11) is 0. The Morgan fingerprint density at radius 1 is 1.47 bits per heavy atom. The Balaban J connectivity index is 1.82. The van der Waals surface area contributed by atoms with E-state index in [9.17, 15) is 4.79 Å². The smallest absolute Gasteiger partial charge is 0.232 e. The van der Waals surface area contributed by atoms with Gasteiger partial charge in [0, 0.05) is 44.7 Å². The molecule has 1 aliphatic rings. The molecule has 0 spiro atoms. The highest BCUT2D eigenvalue weighted by atomic mass is 16.5. The molecule has 17 heavy (non-hydrogen) atoms. The van der Waals surface area contributed by atoms with Crippen LogP contribution in [0.1, 0.15) is 26.2 Å². The highest BCUT2D eigenvalue weighted by molar-refractivity contribution is 5.75. The van der Waals surface area contributed by atoms with Crippen molar-refractivity contribution in [3.05, 3.63) is 18.6 Å². The maximum atomic E-state index is 11.5. The summed E-state index contributed by atoms with van der Waals surface area (Å²) in [6.07, 6.45) is 7.30. The van der Waals surface area contributed by atoms with E-state index in [2.05, 4.69) is 9.97 Å². The van der Waals surface area contributed by atoms with Crippen LogP contribution in [0.25, 0.3) is 0 Å². The van der Waals surface area contributed by atoms with E-state index in [0.29, 0.717) is 12.3 Å². The zero-order valence-electron chi connectivity index (χ0n) is 10.0. The van der Waals surface area contributed by atoms with Gasteiger partial charge in [-0.05, 0) is 0 Å². The van der Waals surface area contributed by atoms with E-state index in [4.69, 9.17) is 4.74 Å². The van der Waals surface area contributed by atoms with Gasteiger partial charge in [0.25, 0.3) is 0 Å². The van der Waals surface area contributed by atoms with Gasteiger partial charge in [0.15, 0.2) is 0 Å². The Hall–Kier alpha value is -1.65. The zero-order chi connectivity index (χ0) is 12.1. The average Bonchev–Trinajstić information content (AvgIpc) is 2.40. The van der Waals surface area contributed by atoms with Gasteiger partial charge in [0.05, 0.1) is 6.20 Å². The van der Waals surface area contributed by atoms with E-state index in [0.717, 1.165) is 25.9 Å². The van der Waals surface area contributed by atoms with Crippen molar-refractivity contribution in [3.63, 3.8) is 0 Å². The summed E-state index contributed by atoms with van der Waals surface area (Å²) in [5.41, 5.74) is 0. The van der Waals surface area contributed by atoms with Crippen molar-refractivity contribution >= 4 is 5.91 Å². The lowest BCUT2D eigenvalue weighted by Gasteiger charge is -2.31. The van der Waals surface area contributed by atoms with Crippen LogP contribution < -0.4 is 4.74 Å². The van der Waals surface area contributed by atoms with Crippen LogP contribution >= 0.6 is 0 Å². The molecule has 0 atom stereocenters. The van der Waals surface area contributed by atoms with Gasteiger partial charge in [-0.1, -0.05) is 6.92 Å². The molecule has 92 valence electrons. The van der Waals surface area contributed by atoms with Gasteiger partial charge < -0.3 is 9.64 Å². The van der Waals surface area contributed by atoms with E-state index >= 15 is 0 Å². The van der Waals surface area contributed by atoms with Gasteiger partial charge in [-0.3, -0.25) is 9.78 Å². The Morgan fingerprint density at radius 3 is 2.82 bits per heavy atom. The van der Waals surface area contributed by atoms with Gasteiger partial charge in [0.1, 0.15) is 6.10 Å². The topological polar surface area (TPSA) is 55.3 Å². The maximum absolute atomic E-state index is 11.5. The van der Waals surface area contributed by atoms with Crippen LogP contribution in [0.2, 0.25) is 0 Å². The summed E-state index contributed by atoms with van der Waals surface area (Å²) in [5.74, 6) is 0.788. The molecule has 1 aromatic heterocycles. The van der Waals surface area contributed by atoms with E-state index in [1.54, 1.807) is 18.6 Å². The summed E-state index contributed by atoms with van der Waals surface area (Å²) >= 11 is 0. The van der Waals surface area contributed by atoms with Crippen LogP contribution in [0, 0.1) is 0 Å². The molecule has 1 amide bonds. The summed E-state index contributed by atoms with van der Waals surface area (Å²) in [6, 6.07) is 0. The molecular weight excluding hydrogens is 218 g/mol. The fraction of sp³-hybridized carbons (Fsp3) is 0.583. The molecular formula is C12H17N3O2. The predicted molar refractivity (Wildman–Crippen MR) is 62.6 cm³/mol. The highest BCUT2D eigenvalue weighted by Crippen LogP contribution is 2.16. The number of amides is 1. The van der Waals surface area contributed by atoms with Crippen molar-refractivity contribution in [1.29, 1.82) is 0 Å². The van der Waals surface area contributed by atoms with Gasteiger partial charge in [-0.25, -0.2) is 4.98 Å². The van der Waals surface area contributed by atoms with Crippen molar-refractivity contribution in [1.82, 2.24) is 14.9 Å². The van der Waals surface area contributed by atoms with Crippen molar-refractivity contribution in [2.24, 2.45) is 0 Å². The minimum absolute atomic E-state index is 0.146.